The van der Waals surface area contributed by atoms with Gasteiger partial charge in [-0.2, -0.15) is 5.26 Å². The Morgan fingerprint density at radius 3 is 2.50 bits per heavy atom. The molecule has 2 fully saturated rings. The van der Waals surface area contributed by atoms with Gasteiger partial charge in [-0.15, -0.1) is 0 Å². The zero-order valence-corrected chi connectivity index (χ0v) is 15.5. The van der Waals surface area contributed by atoms with E-state index in [1.807, 2.05) is 4.90 Å². The highest BCUT2D eigenvalue weighted by Gasteiger charge is 2.36. The van der Waals surface area contributed by atoms with Crippen LogP contribution in [0.15, 0.2) is 24.3 Å². The van der Waals surface area contributed by atoms with Crippen LogP contribution in [0.2, 0.25) is 0 Å². The monoisotopic (exact) mass is 354 g/mol. The van der Waals surface area contributed by atoms with Crippen LogP contribution in [0.5, 0.6) is 0 Å². The highest BCUT2D eigenvalue weighted by Crippen LogP contribution is 2.21. The van der Waals surface area contributed by atoms with Gasteiger partial charge in [-0.1, -0.05) is 12.1 Å². The van der Waals surface area contributed by atoms with Crippen molar-refractivity contribution >= 4 is 11.8 Å². The first kappa shape index (κ1) is 18.4. The smallest absolute Gasteiger partial charge is 0.255 e. The minimum atomic E-state index is -0.0967. The van der Waals surface area contributed by atoms with Crippen molar-refractivity contribution in [1.29, 1.82) is 5.26 Å². The Morgan fingerprint density at radius 2 is 1.85 bits per heavy atom. The van der Waals surface area contributed by atoms with Crippen LogP contribution in [0.1, 0.15) is 42.6 Å². The van der Waals surface area contributed by atoms with Gasteiger partial charge in [-0.05, 0) is 38.8 Å². The van der Waals surface area contributed by atoms with Gasteiger partial charge in [0, 0.05) is 38.8 Å². The second kappa shape index (κ2) is 7.88. The molecular formula is C20H26N4O2. The van der Waals surface area contributed by atoms with Crippen molar-refractivity contribution in [1.82, 2.24) is 14.7 Å². The van der Waals surface area contributed by atoms with Gasteiger partial charge in [0.25, 0.3) is 5.91 Å². The van der Waals surface area contributed by atoms with Crippen LogP contribution < -0.4 is 0 Å². The average molecular weight is 354 g/mol. The van der Waals surface area contributed by atoms with Crippen molar-refractivity contribution in [3.8, 4) is 6.07 Å². The number of hydrogen-bond acceptors (Lipinski definition) is 4. The zero-order chi connectivity index (χ0) is 18.7. The first-order valence-electron chi connectivity index (χ1n) is 9.36. The number of piperidine rings is 1. The van der Waals surface area contributed by atoms with E-state index >= 15 is 0 Å². The van der Waals surface area contributed by atoms with Gasteiger partial charge in [0.2, 0.25) is 5.91 Å². The van der Waals surface area contributed by atoms with Crippen LogP contribution in [-0.2, 0) is 4.79 Å². The first-order valence-corrected chi connectivity index (χ1v) is 9.36. The predicted octanol–water partition coefficient (Wildman–Crippen LogP) is 1.72. The van der Waals surface area contributed by atoms with Crippen molar-refractivity contribution < 1.29 is 9.59 Å². The molecule has 0 aromatic heterocycles. The lowest BCUT2D eigenvalue weighted by molar-refractivity contribution is -0.142. The maximum Gasteiger partial charge on any atom is 0.255 e. The molecule has 0 spiro atoms. The Bertz CT molecular complexity index is 717. The van der Waals surface area contributed by atoms with Crippen LogP contribution in [0.4, 0.5) is 0 Å². The molecule has 6 heteroatoms. The van der Waals surface area contributed by atoms with E-state index in [-0.39, 0.29) is 23.9 Å². The minimum absolute atomic E-state index is 0.0604. The number of rotatable bonds is 3. The first-order chi connectivity index (χ1) is 12.5. The van der Waals surface area contributed by atoms with E-state index in [2.05, 4.69) is 24.8 Å². The Balaban J connectivity index is 1.63. The maximum absolute atomic E-state index is 12.8. The number of nitriles is 1. The molecule has 0 aliphatic carbocycles. The largest absolute Gasteiger partial charge is 0.339 e. The van der Waals surface area contributed by atoms with E-state index in [4.69, 9.17) is 0 Å². The SMILES string of the molecule is CC(C)N1CCCC(N2CCN(C(=O)c3ccccc3C#N)CC2)C1=O. The molecule has 1 aromatic carbocycles. The number of carbonyl (C=O) groups excluding carboxylic acids is 2. The topological polar surface area (TPSA) is 67.7 Å². The zero-order valence-electron chi connectivity index (χ0n) is 15.5. The lowest BCUT2D eigenvalue weighted by Crippen LogP contribution is -2.59. The van der Waals surface area contributed by atoms with Crippen molar-refractivity contribution in [2.45, 2.75) is 38.8 Å². The summed E-state index contributed by atoms with van der Waals surface area (Å²) in [5, 5.41) is 9.21. The highest BCUT2D eigenvalue weighted by atomic mass is 16.2. The highest BCUT2D eigenvalue weighted by molar-refractivity contribution is 5.96. The summed E-state index contributed by atoms with van der Waals surface area (Å²) in [5.74, 6) is 0.126. The molecule has 2 aliphatic heterocycles. The molecule has 0 bridgehead atoms. The molecule has 2 amide bonds. The quantitative estimate of drug-likeness (QED) is 0.829. The maximum atomic E-state index is 12.8. The number of likely N-dealkylation sites (tertiary alicyclic amines) is 1. The molecule has 0 radical (unpaired) electrons. The summed E-state index contributed by atoms with van der Waals surface area (Å²) in [6.45, 7) is 7.53. The van der Waals surface area contributed by atoms with Gasteiger partial charge in [0.15, 0.2) is 0 Å². The Morgan fingerprint density at radius 1 is 1.15 bits per heavy atom. The Hall–Kier alpha value is -2.39. The lowest BCUT2D eigenvalue weighted by atomic mass is 10.0. The van der Waals surface area contributed by atoms with Crippen LogP contribution >= 0.6 is 0 Å². The van der Waals surface area contributed by atoms with Crippen LogP contribution in [0.25, 0.3) is 0 Å². The molecule has 0 saturated carbocycles. The number of carbonyl (C=O) groups is 2. The van der Waals surface area contributed by atoms with Crippen molar-refractivity contribution in [2.75, 3.05) is 32.7 Å². The van der Waals surface area contributed by atoms with Gasteiger partial charge in [-0.25, -0.2) is 0 Å². The molecule has 1 aromatic rings. The summed E-state index contributed by atoms with van der Waals surface area (Å²) >= 11 is 0. The van der Waals surface area contributed by atoms with Crippen LogP contribution in [-0.4, -0.2) is 71.3 Å². The summed E-state index contributed by atoms with van der Waals surface area (Å²) in [4.78, 5) is 31.5. The number of piperazine rings is 1. The second-order valence-electron chi connectivity index (χ2n) is 7.27. The van der Waals surface area contributed by atoms with Gasteiger partial charge in [0.05, 0.1) is 23.2 Å². The molecule has 1 unspecified atom stereocenters. The van der Waals surface area contributed by atoms with Crippen molar-refractivity contribution in [3.05, 3.63) is 35.4 Å². The van der Waals surface area contributed by atoms with Gasteiger partial charge in [0.1, 0.15) is 0 Å². The molecule has 138 valence electrons. The number of nitrogens with zero attached hydrogens (tertiary/aromatic N) is 4. The fourth-order valence-corrected chi connectivity index (χ4v) is 3.91. The summed E-state index contributed by atoms with van der Waals surface area (Å²) in [6, 6.07) is 9.19. The third-order valence-corrected chi connectivity index (χ3v) is 5.39. The van der Waals surface area contributed by atoms with E-state index in [9.17, 15) is 14.9 Å². The fraction of sp³-hybridized carbons (Fsp3) is 0.550. The van der Waals surface area contributed by atoms with E-state index in [0.29, 0.717) is 37.3 Å². The summed E-state index contributed by atoms with van der Waals surface area (Å²) < 4.78 is 0. The third kappa shape index (κ3) is 3.58. The molecule has 3 rings (SSSR count). The van der Waals surface area contributed by atoms with Gasteiger partial charge >= 0.3 is 0 Å². The number of amides is 2. The Kier molecular flexibility index (Phi) is 5.58. The van der Waals surface area contributed by atoms with E-state index in [1.165, 1.54) is 0 Å². The molecular weight excluding hydrogens is 328 g/mol. The predicted molar refractivity (Wildman–Crippen MR) is 98.5 cm³/mol. The molecule has 6 nitrogen and oxygen atoms in total. The fourth-order valence-electron chi connectivity index (χ4n) is 3.91. The molecule has 2 aliphatic rings. The van der Waals surface area contributed by atoms with E-state index in [0.717, 1.165) is 19.4 Å². The lowest BCUT2D eigenvalue weighted by Gasteiger charge is -2.43. The molecule has 2 heterocycles. The number of hydrogen-bond donors (Lipinski definition) is 0. The summed E-state index contributed by atoms with van der Waals surface area (Å²) in [5.41, 5.74) is 0.873. The number of benzene rings is 1. The average Bonchev–Trinajstić information content (AvgIpc) is 2.67. The molecule has 2 saturated heterocycles. The van der Waals surface area contributed by atoms with Crippen molar-refractivity contribution in [2.24, 2.45) is 0 Å². The van der Waals surface area contributed by atoms with Gasteiger partial charge in [-0.3, -0.25) is 14.5 Å². The van der Waals surface area contributed by atoms with Crippen LogP contribution in [0.3, 0.4) is 0 Å². The summed E-state index contributed by atoms with van der Waals surface area (Å²) in [7, 11) is 0. The van der Waals surface area contributed by atoms with Crippen LogP contribution in [0, 0.1) is 11.3 Å². The Labute approximate surface area is 155 Å². The normalized spacial score (nSPS) is 21.8. The molecule has 26 heavy (non-hydrogen) atoms. The standard InChI is InChI=1S/C20H26N4O2/c1-15(2)24-9-5-8-18(20(24)26)22-10-12-23(13-11-22)19(25)17-7-4-3-6-16(17)14-21/h3-4,6-7,15,18H,5,8-13H2,1-2H3. The summed E-state index contributed by atoms with van der Waals surface area (Å²) in [6.07, 6.45) is 1.93. The van der Waals surface area contributed by atoms with Gasteiger partial charge < -0.3 is 9.80 Å². The van der Waals surface area contributed by atoms with E-state index in [1.54, 1.807) is 29.2 Å². The minimum Gasteiger partial charge on any atom is -0.339 e. The second-order valence-corrected chi connectivity index (χ2v) is 7.27. The molecule has 0 N–H and O–H groups in total. The van der Waals surface area contributed by atoms with E-state index < -0.39 is 0 Å². The molecule has 1 atom stereocenters. The third-order valence-electron chi connectivity index (χ3n) is 5.39. The van der Waals surface area contributed by atoms with Crippen molar-refractivity contribution in [3.63, 3.8) is 0 Å².